The van der Waals surface area contributed by atoms with Crippen molar-refractivity contribution >= 4 is 23.4 Å². The van der Waals surface area contributed by atoms with E-state index in [4.69, 9.17) is 9.84 Å². The Morgan fingerprint density at radius 1 is 1.77 bits per heavy atom. The number of hydrogen-bond acceptors (Lipinski definition) is 3. The van der Waals surface area contributed by atoms with Crippen LogP contribution in [0.25, 0.3) is 6.08 Å². The summed E-state index contributed by atoms with van der Waals surface area (Å²) in [4.78, 5) is 11.1. The molecule has 0 atom stereocenters. The molecule has 0 saturated heterocycles. The van der Waals surface area contributed by atoms with Crippen LogP contribution in [0.15, 0.2) is 17.5 Å². The van der Waals surface area contributed by atoms with Gasteiger partial charge in [-0.2, -0.15) is 0 Å². The Hall–Kier alpha value is -1.29. The summed E-state index contributed by atoms with van der Waals surface area (Å²) in [5.74, 6) is -0.208. The molecule has 3 nitrogen and oxygen atoms in total. The normalized spacial score (nSPS) is 10.5. The van der Waals surface area contributed by atoms with Crippen LogP contribution in [0, 0.1) is 0 Å². The van der Waals surface area contributed by atoms with Gasteiger partial charge in [-0.25, -0.2) is 4.79 Å². The topological polar surface area (TPSA) is 46.5 Å². The Kier molecular flexibility index (Phi) is 3.52. The molecule has 0 aliphatic heterocycles. The lowest BCUT2D eigenvalue weighted by atomic mass is 10.4. The van der Waals surface area contributed by atoms with Crippen molar-refractivity contribution in [3.63, 3.8) is 0 Å². The molecule has 0 aromatic carbocycles. The lowest BCUT2D eigenvalue weighted by Crippen LogP contribution is -1.91. The molecule has 0 fully saturated rings. The summed E-state index contributed by atoms with van der Waals surface area (Å²) >= 11 is 1.46. The summed E-state index contributed by atoms with van der Waals surface area (Å²) in [5, 5.41) is 10.3. The van der Waals surface area contributed by atoms with Crippen molar-refractivity contribution in [1.29, 1.82) is 0 Å². The quantitative estimate of drug-likeness (QED) is 0.755. The number of hydrogen-bond donors (Lipinski definition) is 1. The van der Waals surface area contributed by atoms with Crippen molar-refractivity contribution < 1.29 is 14.6 Å². The van der Waals surface area contributed by atoms with Crippen molar-refractivity contribution in [2.24, 2.45) is 0 Å². The van der Waals surface area contributed by atoms with E-state index in [0.29, 0.717) is 6.61 Å². The molecule has 70 valence electrons. The van der Waals surface area contributed by atoms with E-state index in [1.807, 2.05) is 18.4 Å². The molecule has 1 heterocycles. The lowest BCUT2D eigenvalue weighted by molar-refractivity contribution is -0.131. The highest BCUT2D eigenvalue weighted by molar-refractivity contribution is 7.11. The average molecular weight is 198 g/mol. The Bertz CT molecular complexity index is 314. The summed E-state index contributed by atoms with van der Waals surface area (Å²) in [6.45, 7) is 2.48. The van der Waals surface area contributed by atoms with Crippen molar-refractivity contribution in [3.8, 4) is 5.75 Å². The molecule has 0 saturated carbocycles. The highest BCUT2D eigenvalue weighted by atomic mass is 32.1. The molecule has 13 heavy (non-hydrogen) atoms. The van der Waals surface area contributed by atoms with Crippen LogP contribution in [-0.4, -0.2) is 17.7 Å². The molecule has 0 radical (unpaired) electrons. The molecule has 1 aromatic rings. The predicted molar refractivity (Wildman–Crippen MR) is 52.2 cm³/mol. The first kappa shape index (κ1) is 9.80. The molecule has 0 aliphatic rings. The van der Waals surface area contributed by atoms with E-state index in [2.05, 4.69) is 0 Å². The predicted octanol–water partition coefficient (Wildman–Crippen LogP) is 2.24. The maximum Gasteiger partial charge on any atom is 0.328 e. The van der Waals surface area contributed by atoms with Gasteiger partial charge in [0.15, 0.2) is 0 Å². The maximum atomic E-state index is 10.2. The Morgan fingerprint density at radius 3 is 3.15 bits per heavy atom. The molecule has 4 heteroatoms. The second-order valence-corrected chi connectivity index (χ2v) is 3.20. The number of carbonyl (C=O) groups is 1. The lowest BCUT2D eigenvalue weighted by Gasteiger charge is -1.99. The Morgan fingerprint density at radius 2 is 2.54 bits per heavy atom. The van der Waals surface area contributed by atoms with E-state index < -0.39 is 5.97 Å². The molecule has 0 amide bonds. The van der Waals surface area contributed by atoms with Gasteiger partial charge < -0.3 is 9.84 Å². The summed E-state index contributed by atoms with van der Waals surface area (Å²) in [6.07, 6.45) is 2.65. The SMILES string of the molecule is CCOc1ccsc1/C=C\C(=O)O. The van der Waals surface area contributed by atoms with Crippen LogP contribution < -0.4 is 4.74 Å². The van der Waals surface area contributed by atoms with Crippen molar-refractivity contribution in [1.82, 2.24) is 0 Å². The highest BCUT2D eigenvalue weighted by Crippen LogP contribution is 2.25. The van der Waals surface area contributed by atoms with Crippen molar-refractivity contribution in [2.45, 2.75) is 6.92 Å². The zero-order valence-corrected chi connectivity index (χ0v) is 8.00. The molecular weight excluding hydrogens is 188 g/mol. The van der Waals surface area contributed by atoms with Gasteiger partial charge in [0, 0.05) is 6.08 Å². The zero-order valence-electron chi connectivity index (χ0n) is 7.19. The van der Waals surface area contributed by atoms with Gasteiger partial charge >= 0.3 is 5.97 Å². The molecule has 0 aliphatic carbocycles. The number of carboxylic acid groups (broad SMARTS) is 1. The van der Waals surface area contributed by atoms with Crippen molar-refractivity contribution in [2.75, 3.05) is 6.61 Å². The third kappa shape index (κ3) is 2.91. The smallest absolute Gasteiger partial charge is 0.328 e. The van der Waals surface area contributed by atoms with Crippen molar-refractivity contribution in [3.05, 3.63) is 22.4 Å². The molecule has 1 rings (SSSR count). The minimum atomic E-state index is -0.948. The molecule has 0 spiro atoms. The van der Waals surface area contributed by atoms with Gasteiger partial charge in [0.05, 0.1) is 11.5 Å². The second-order valence-electron chi connectivity index (χ2n) is 2.25. The van der Waals surface area contributed by atoms with E-state index in [-0.39, 0.29) is 0 Å². The van der Waals surface area contributed by atoms with E-state index in [0.717, 1.165) is 16.7 Å². The van der Waals surface area contributed by atoms with Crippen LogP contribution in [0.4, 0.5) is 0 Å². The fourth-order valence-electron chi connectivity index (χ4n) is 0.852. The number of thiophene rings is 1. The van der Waals surface area contributed by atoms with Gasteiger partial charge in [0.1, 0.15) is 5.75 Å². The van der Waals surface area contributed by atoms with Gasteiger partial charge in [-0.1, -0.05) is 0 Å². The van der Waals surface area contributed by atoms with Crippen LogP contribution >= 0.6 is 11.3 Å². The third-order valence-electron chi connectivity index (χ3n) is 1.33. The van der Waals surface area contributed by atoms with Crippen LogP contribution in [0.2, 0.25) is 0 Å². The summed E-state index contributed by atoms with van der Waals surface area (Å²) < 4.78 is 5.28. The molecule has 1 N–H and O–H groups in total. The van der Waals surface area contributed by atoms with Crippen LogP contribution in [0.1, 0.15) is 11.8 Å². The van der Waals surface area contributed by atoms with Gasteiger partial charge in [0.2, 0.25) is 0 Å². The van der Waals surface area contributed by atoms with E-state index in [1.54, 1.807) is 0 Å². The zero-order chi connectivity index (χ0) is 9.68. The number of aliphatic carboxylic acids is 1. The number of carboxylic acids is 1. The van der Waals surface area contributed by atoms with Crippen LogP contribution in [0.3, 0.4) is 0 Å². The first-order chi connectivity index (χ1) is 6.24. The van der Waals surface area contributed by atoms with E-state index in [9.17, 15) is 4.79 Å². The summed E-state index contributed by atoms with van der Waals surface area (Å²) in [6, 6.07) is 1.83. The van der Waals surface area contributed by atoms with E-state index >= 15 is 0 Å². The minimum Gasteiger partial charge on any atom is -0.492 e. The van der Waals surface area contributed by atoms with Gasteiger partial charge in [-0.3, -0.25) is 0 Å². The number of rotatable bonds is 4. The molecule has 0 unspecified atom stereocenters. The number of ether oxygens (including phenoxy) is 1. The molecular formula is C9H10O3S. The molecule has 0 bridgehead atoms. The monoisotopic (exact) mass is 198 g/mol. The van der Waals surface area contributed by atoms with Gasteiger partial charge in [-0.15, -0.1) is 11.3 Å². The maximum absolute atomic E-state index is 10.2. The van der Waals surface area contributed by atoms with E-state index in [1.165, 1.54) is 17.4 Å². The summed E-state index contributed by atoms with van der Waals surface area (Å²) in [7, 11) is 0. The standard InChI is InChI=1S/C9H10O3S/c1-2-12-7-5-6-13-8(7)3-4-9(10)11/h3-6H,2H2,1H3,(H,10,11)/b4-3-. The van der Waals surface area contributed by atoms with Gasteiger partial charge in [0.25, 0.3) is 0 Å². The third-order valence-corrected chi connectivity index (χ3v) is 2.20. The summed E-state index contributed by atoms with van der Waals surface area (Å²) in [5.41, 5.74) is 0. The van der Waals surface area contributed by atoms with Crippen LogP contribution in [-0.2, 0) is 4.79 Å². The minimum absolute atomic E-state index is 0.588. The fourth-order valence-corrected chi connectivity index (χ4v) is 1.58. The average Bonchev–Trinajstić information content (AvgIpc) is 2.49. The largest absolute Gasteiger partial charge is 0.492 e. The first-order valence-electron chi connectivity index (χ1n) is 3.85. The Labute approximate surface area is 80.3 Å². The van der Waals surface area contributed by atoms with Gasteiger partial charge in [-0.05, 0) is 24.4 Å². The fraction of sp³-hybridized carbons (Fsp3) is 0.222. The highest BCUT2D eigenvalue weighted by Gasteiger charge is 2.01. The Balaban J connectivity index is 2.75. The molecule has 1 aromatic heterocycles. The second kappa shape index (κ2) is 4.67. The van der Waals surface area contributed by atoms with Crippen LogP contribution in [0.5, 0.6) is 5.75 Å². The first-order valence-corrected chi connectivity index (χ1v) is 4.73.